The molecular formula is C27H33N3O4. The second-order valence-corrected chi connectivity index (χ2v) is 8.37. The summed E-state index contributed by atoms with van der Waals surface area (Å²) >= 11 is 0. The van der Waals surface area contributed by atoms with Crippen molar-refractivity contribution >= 4 is 11.8 Å². The number of hydrogen-bond acceptors (Lipinski definition) is 4. The van der Waals surface area contributed by atoms with Gasteiger partial charge in [-0.25, -0.2) is 0 Å². The van der Waals surface area contributed by atoms with Crippen LogP contribution in [0.4, 0.5) is 0 Å². The highest BCUT2D eigenvalue weighted by molar-refractivity contribution is 5.96. The first-order valence-electron chi connectivity index (χ1n) is 11.3. The average Bonchev–Trinajstić information content (AvgIpc) is 3.14. The van der Waals surface area contributed by atoms with Crippen molar-refractivity contribution in [3.8, 4) is 17.2 Å². The molecule has 1 heterocycles. The van der Waals surface area contributed by atoms with Crippen molar-refractivity contribution in [1.82, 2.24) is 14.8 Å². The first-order chi connectivity index (χ1) is 16.3. The van der Waals surface area contributed by atoms with Gasteiger partial charge in [-0.1, -0.05) is 25.1 Å². The van der Waals surface area contributed by atoms with E-state index in [0.717, 1.165) is 28.4 Å². The van der Waals surface area contributed by atoms with Crippen LogP contribution in [0.5, 0.6) is 11.5 Å². The van der Waals surface area contributed by atoms with E-state index in [-0.39, 0.29) is 24.5 Å². The third kappa shape index (κ3) is 5.42. The first kappa shape index (κ1) is 24.9. The highest BCUT2D eigenvalue weighted by Gasteiger charge is 2.22. The summed E-state index contributed by atoms with van der Waals surface area (Å²) in [7, 11) is 5.02. The molecule has 7 nitrogen and oxygen atoms in total. The Balaban J connectivity index is 1.83. The normalized spacial score (nSPS) is 11.6. The van der Waals surface area contributed by atoms with Gasteiger partial charge in [0, 0.05) is 36.7 Å². The van der Waals surface area contributed by atoms with Gasteiger partial charge in [0.1, 0.15) is 11.5 Å². The van der Waals surface area contributed by atoms with Crippen LogP contribution in [-0.2, 0) is 4.79 Å². The molecule has 0 spiro atoms. The number of likely N-dealkylation sites (N-methyl/N-ethyl adjacent to an activating group) is 1. The molecule has 180 valence electrons. The smallest absolute Gasteiger partial charge is 0.259 e. The van der Waals surface area contributed by atoms with E-state index in [2.05, 4.69) is 9.88 Å². The topological polar surface area (TPSA) is 72.8 Å². The van der Waals surface area contributed by atoms with E-state index in [0.29, 0.717) is 17.7 Å². The van der Waals surface area contributed by atoms with Gasteiger partial charge in [0.25, 0.3) is 11.8 Å². The molecule has 0 fully saturated rings. The number of carbonyl (C=O) groups is 2. The zero-order valence-electron chi connectivity index (χ0n) is 20.7. The Kier molecular flexibility index (Phi) is 7.99. The van der Waals surface area contributed by atoms with Crippen LogP contribution in [0.1, 0.15) is 46.7 Å². The lowest BCUT2D eigenvalue weighted by atomic mass is 10.0. The number of para-hydroxylation sites is 1. The third-order valence-corrected chi connectivity index (χ3v) is 5.86. The molecule has 2 aromatic carbocycles. The number of aryl methyl sites for hydroxylation is 1. The number of carbonyl (C=O) groups excluding carboxylic acids is 2. The molecule has 34 heavy (non-hydrogen) atoms. The molecular weight excluding hydrogens is 430 g/mol. The second-order valence-electron chi connectivity index (χ2n) is 8.37. The highest BCUT2D eigenvalue weighted by atomic mass is 16.5. The molecule has 1 unspecified atom stereocenters. The maximum absolute atomic E-state index is 13.3. The Bertz CT molecular complexity index is 1150. The largest absolute Gasteiger partial charge is 0.497 e. The van der Waals surface area contributed by atoms with Crippen molar-refractivity contribution in [2.75, 3.05) is 27.8 Å². The lowest BCUT2D eigenvalue weighted by molar-refractivity contribution is -0.130. The number of amides is 2. The molecule has 3 aromatic rings. The van der Waals surface area contributed by atoms with Crippen LogP contribution in [0.25, 0.3) is 5.69 Å². The molecule has 0 saturated heterocycles. The van der Waals surface area contributed by atoms with Crippen LogP contribution in [0, 0.1) is 13.8 Å². The Morgan fingerprint density at radius 2 is 1.74 bits per heavy atom. The van der Waals surface area contributed by atoms with Crippen molar-refractivity contribution in [1.29, 1.82) is 0 Å². The SMILES string of the molecule is CCC(NC(=O)c1cc(C)n(-c2ccc(OC)cc2)c1C)c1ccccc1OCC(=O)N(C)C. The van der Waals surface area contributed by atoms with Gasteiger partial charge in [-0.3, -0.25) is 9.59 Å². The number of benzene rings is 2. The number of aromatic nitrogens is 1. The molecule has 1 N–H and O–H groups in total. The predicted molar refractivity (Wildman–Crippen MR) is 133 cm³/mol. The molecule has 2 amide bonds. The minimum absolute atomic E-state index is 0.0581. The van der Waals surface area contributed by atoms with Crippen molar-refractivity contribution in [2.45, 2.75) is 33.2 Å². The molecule has 0 saturated carbocycles. The standard InChI is InChI=1S/C27H33N3O4/c1-7-24(22-10-8-9-11-25(22)34-17-26(31)29(4)5)28-27(32)23-16-18(2)30(19(23)3)20-12-14-21(33-6)15-13-20/h8-16,24H,7,17H2,1-6H3,(H,28,32). The fourth-order valence-corrected chi connectivity index (χ4v) is 3.93. The quantitative estimate of drug-likeness (QED) is 0.509. The van der Waals surface area contributed by atoms with Gasteiger partial charge in [-0.05, 0) is 56.7 Å². The maximum Gasteiger partial charge on any atom is 0.259 e. The number of hydrogen-bond donors (Lipinski definition) is 1. The molecule has 0 aliphatic heterocycles. The summed E-state index contributed by atoms with van der Waals surface area (Å²) in [5, 5.41) is 3.15. The monoisotopic (exact) mass is 463 g/mol. The average molecular weight is 464 g/mol. The first-order valence-corrected chi connectivity index (χ1v) is 11.3. The lowest BCUT2D eigenvalue weighted by Crippen LogP contribution is -2.30. The second kappa shape index (κ2) is 10.9. The minimum atomic E-state index is -0.262. The molecule has 0 aliphatic carbocycles. The van der Waals surface area contributed by atoms with Crippen LogP contribution in [-0.4, -0.2) is 49.1 Å². The summed E-state index contributed by atoms with van der Waals surface area (Å²) in [6.45, 7) is 5.87. The minimum Gasteiger partial charge on any atom is -0.497 e. The Labute approximate surface area is 201 Å². The lowest BCUT2D eigenvalue weighted by Gasteiger charge is -2.21. The maximum atomic E-state index is 13.3. The van der Waals surface area contributed by atoms with Crippen LogP contribution in [0.2, 0.25) is 0 Å². The van der Waals surface area contributed by atoms with Crippen molar-refractivity contribution in [2.24, 2.45) is 0 Å². The molecule has 3 rings (SSSR count). The number of nitrogens with zero attached hydrogens (tertiary/aromatic N) is 2. The summed E-state index contributed by atoms with van der Waals surface area (Å²) in [6.07, 6.45) is 0.672. The molecule has 0 bridgehead atoms. The third-order valence-electron chi connectivity index (χ3n) is 5.86. The van der Waals surface area contributed by atoms with E-state index in [1.54, 1.807) is 21.2 Å². The summed E-state index contributed by atoms with van der Waals surface area (Å²) in [5.41, 5.74) is 4.25. The van der Waals surface area contributed by atoms with Gasteiger partial charge in [0.05, 0.1) is 18.7 Å². The van der Waals surface area contributed by atoms with E-state index >= 15 is 0 Å². The Morgan fingerprint density at radius 3 is 2.35 bits per heavy atom. The van der Waals surface area contributed by atoms with Gasteiger partial charge < -0.3 is 24.3 Å². The van der Waals surface area contributed by atoms with Gasteiger partial charge in [0.2, 0.25) is 0 Å². The highest BCUT2D eigenvalue weighted by Crippen LogP contribution is 2.29. The molecule has 0 radical (unpaired) electrons. The fraction of sp³-hybridized carbons (Fsp3) is 0.333. The predicted octanol–water partition coefficient (Wildman–Crippen LogP) is 4.45. The molecule has 1 aromatic heterocycles. The molecule has 0 aliphatic rings. The van der Waals surface area contributed by atoms with Crippen LogP contribution in [0.15, 0.2) is 54.6 Å². The van der Waals surface area contributed by atoms with Crippen molar-refractivity contribution in [3.63, 3.8) is 0 Å². The van der Waals surface area contributed by atoms with E-state index in [1.165, 1.54) is 4.90 Å². The number of nitrogens with one attached hydrogen (secondary N) is 1. The van der Waals surface area contributed by atoms with Crippen molar-refractivity contribution in [3.05, 3.63) is 77.1 Å². The van der Waals surface area contributed by atoms with Crippen molar-refractivity contribution < 1.29 is 19.1 Å². The molecule has 7 heteroatoms. The number of ether oxygens (including phenoxy) is 2. The van der Waals surface area contributed by atoms with E-state index < -0.39 is 0 Å². The van der Waals surface area contributed by atoms with Crippen LogP contribution < -0.4 is 14.8 Å². The summed E-state index contributed by atoms with van der Waals surface area (Å²) < 4.78 is 13.1. The van der Waals surface area contributed by atoms with Gasteiger partial charge in [0.15, 0.2) is 6.61 Å². The summed E-state index contributed by atoms with van der Waals surface area (Å²) in [4.78, 5) is 26.8. The Morgan fingerprint density at radius 1 is 1.06 bits per heavy atom. The van der Waals surface area contributed by atoms with E-state index in [4.69, 9.17) is 9.47 Å². The van der Waals surface area contributed by atoms with Gasteiger partial charge in [-0.2, -0.15) is 0 Å². The van der Waals surface area contributed by atoms with Crippen LogP contribution >= 0.6 is 0 Å². The summed E-state index contributed by atoms with van der Waals surface area (Å²) in [6, 6.07) is 16.9. The van der Waals surface area contributed by atoms with E-state index in [9.17, 15) is 9.59 Å². The van der Waals surface area contributed by atoms with Crippen LogP contribution in [0.3, 0.4) is 0 Å². The van der Waals surface area contributed by atoms with Gasteiger partial charge >= 0.3 is 0 Å². The zero-order valence-corrected chi connectivity index (χ0v) is 20.7. The van der Waals surface area contributed by atoms with E-state index in [1.807, 2.05) is 75.4 Å². The number of methoxy groups -OCH3 is 1. The summed E-state index contributed by atoms with van der Waals surface area (Å²) in [5.74, 6) is 1.09. The van der Waals surface area contributed by atoms with Gasteiger partial charge in [-0.15, -0.1) is 0 Å². The molecule has 1 atom stereocenters. The fourth-order valence-electron chi connectivity index (χ4n) is 3.93. The number of rotatable bonds is 9. The Hall–Kier alpha value is -3.74. The zero-order chi connectivity index (χ0) is 24.8.